The van der Waals surface area contributed by atoms with Gasteiger partial charge in [0.2, 0.25) is 6.41 Å². The molecule has 0 unspecified atom stereocenters. The summed E-state index contributed by atoms with van der Waals surface area (Å²) in [6.07, 6.45) is 18.0. The van der Waals surface area contributed by atoms with Crippen LogP contribution >= 0.6 is 0 Å². The van der Waals surface area contributed by atoms with Crippen molar-refractivity contribution in [3.05, 3.63) is 0 Å². The summed E-state index contributed by atoms with van der Waals surface area (Å²) in [6, 6.07) is -0.679. The van der Waals surface area contributed by atoms with Crippen LogP contribution in [0.2, 0.25) is 0 Å². The third kappa shape index (κ3) is 13.9. The fourth-order valence-corrected chi connectivity index (χ4v) is 4.98. The van der Waals surface area contributed by atoms with Gasteiger partial charge in [0.15, 0.2) is 0 Å². The van der Waals surface area contributed by atoms with Crippen molar-refractivity contribution in [3.8, 4) is 0 Å². The Morgan fingerprint density at radius 2 is 1.49 bits per heavy atom. The van der Waals surface area contributed by atoms with E-state index in [1.165, 1.54) is 44.9 Å². The Labute approximate surface area is 214 Å². The van der Waals surface area contributed by atoms with Gasteiger partial charge in [-0.3, -0.25) is 9.59 Å². The number of carbonyl (C=O) groups excluding carboxylic acids is 3. The summed E-state index contributed by atoms with van der Waals surface area (Å²) < 4.78 is 11.7. The minimum atomic E-state index is -0.679. The number of rotatable bonds is 21. The zero-order chi connectivity index (χ0) is 25.9. The first-order chi connectivity index (χ1) is 16.9. The van der Waals surface area contributed by atoms with E-state index in [2.05, 4.69) is 19.2 Å². The molecule has 4 atom stereocenters. The van der Waals surface area contributed by atoms with Crippen molar-refractivity contribution in [1.29, 1.82) is 0 Å². The summed E-state index contributed by atoms with van der Waals surface area (Å²) in [5.74, 6) is -0.840. The molecule has 0 aromatic rings. The Morgan fingerprint density at radius 3 is 2.06 bits per heavy atom. The van der Waals surface area contributed by atoms with Gasteiger partial charge < -0.3 is 14.8 Å². The number of ether oxygens (including phenoxy) is 2. The lowest BCUT2D eigenvalue weighted by Gasteiger charge is -2.35. The fourth-order valence-electron chi connectivity index (χ4n) is 4.98. The monoisotopic (exact) mass is 495 g/mol. The lowest BCUT2D eigenvalue weighted by molar-refractivity contribution is -0.181. The topological polar surface area (TPSA) is 81.7 Å². The highest BCUT2D eigenvalue weighted by atomic mass is 16.6. The lowest BCUT2D eigenvalue weighted by atomic mass is 9.87. The molecule has 1 aliphatic rings. The zero-order valence-electron chi connectivity index (χ0n) is 23.0. The van der Waals surface area contributed by atoms with E-state index in [0.717, 1.165) is 44.9 Å². The van der Waals surface area contributed by atoms with E-state index in [9.17, 15) is 14.4 Å². The molecule has 1 heterocycles. The van der Waals surface area contributed by atoms with Crippen molar-refractivity contribution in [1.82, 2.24) is 5.32 Å². The van der Waals surface area contributed by atoms with Gasteiger partial charge >= 0.3 is 11.9 Å². The minimum Gasteiger partial charge on any atom is -0.462 e. The summed E-state index contributed by atoms with van der Waals surface area (Å²) in [5, 5.41) is 2.60. The van der Waals surface area contributed by atoms with Crippen molar-refractivity contribution >= 4 is 18.3 Å². The van der Waals surface area contributed by atoms with Crippen molar-refractivity contribution in [2.45, 2.75) is 155 Å². The molecule has 35 heavy (non-hydrogen) atoms. The molecule has 0 aromatic heterocycles. The first-order valence-electron chi connectivity index (χ1n) is 14.5. The Bertz CT molecular complexity index is 579. The molecule has 1 saturated heterocycles. The molecule has 1 fully saturated rings. The fraction of sp³-hybridized carbons (Fsp3) is 0.897. The number of cyclic esters (lactones) is 1. The molecule has 6 heteroatoms. The first kappa shape index (κ1) is 31.4. The van der Waals surface area contributed by atoms with Crippen LogP contribution in [0, 0.1) is 11.8 Å². The van der Waals surface area contributed by atoms with Crippen LogP contribution in [-0.4, -0.2) is 36.6 Å². The minimum absolute atomic E-state index is 0.195. The van der Waals surface area contributed by atoms with E-state index in [0.29, 0.717) is 25.7 Å². The van der Waals surface area contributed by atoms with Crippen molar-refractivity contribution in [3.63, 3.8) is 0 Å². The molecule has 6 nitrogen and oxygen atoms in total. The summed E-state index contributed by atoms with van der Waals surface area (Å²) in [5.41, 5.74) is 0. The Kier molecular flexibility index (Phi) is 17.6. The molecule has 0 aromatic carbocycles. The van der Waals surface area contributed by atoms with Gasteiger partial charge in [-0.25, -0.2) is 4.79 Å². The van der Waals surface area contributed by atoms with Gasteiger partial charge in [0.05, 0.1) is 5.92 Å². The number of esters is 2. The largest absolute Gasteiger partial charge is 0.462 e. The first-order valence-corrected chi connectivity index (χ1v) is 14.5. The Morgan fingerprint density at radius 1 is 0.943 bits per heavy atom. The van der Waals surface area contributed by atoms with Crippen LogP contribution < -0.4 is 5.32 Å². The van der Waals surface area contributed by atoms with Gasteiger partial charge in [-0.05, 0) is 31.6 Å². The summed E-state index contributed by atoms with van der Waals surface area (Å²) >= 11 is 0. The molecule has 0 spiro atoms. The zero-order valence-corrected chi connectivity index (χ0v) is 23.0. The van der Waals surface area contributed by atoms with E-state index in [1.807, 2.05) is 13.8 Å². The van der Waals surface area contributed by atoms with Crippen LogP contribution in [0.15, 0.2) is 0 Å². The number of hydrogen-bond acceptors (Lipinski definition) is 5. The molecule has 1 N–H and O–H groups in total. The van der Waals surface area contributed by atoms with E-state index >= 15 is 0 Å². The maximum Gasteiger partial charge on any atom is 0.328 e. The molecule has 1 rings (SSSR count). The standard InChI is InChI=1S/C29H53NO5/c1-5-7-9-11-12-13-14-15-16-18-24-21-27(25(28(32)34-24)19-17-10-8-6-2)35-29(33)26(30-22-31)20-23(3)4/h22-27H,5-21H2,1-4H3,(H,30,31)/t24-,25-,26+,27-/m0/s1. The van der Waals surface area contributed by atoms with Crippen LogP contribution in [0.1, 0.15) is 137 Å². The maximum atomic E-state index is 12.9. The van der Waals surface area contributed by atoms with Crippen LogP contribution in [-0.2, 0) is 23.9 Å². The van der Waals surface area contributed by atoms with Crippen molar-refractivity contribution in [2.75, 3.05) is 0 Å². The predicted molar refractivity (Wildman–Crippen MR) is 141 cm³/mol. The van der Waals surface area contributed by atoms with E-state index in [4.69, 9.17) is 9.47 Å². The van der Waals surface area contributed by atoms with E-state index in [-0.39, 0.29) is 18.0 Å². The summed E-state index contributed by atoms with van der Waals surface area (Å²) in [4.78, 5) is 36.8. The average Bonchev–Trinajstić information content (AvgIpc) is 2.81. The molecule has 1 amide bonds. The Balaban J connectivity index is 2.61. The number of amides is 1. The molecule has 0 bridgehead atoms. The SMILES string of the molecule is CCCCCCCCCCC[C@H]1C[C@H](OC(=O)[C@@H](CC(C)C)NC=O)[C@H](CCCCCC)C(=O)O1. The second kappa shape index (κ2) is 19.6. The second-order valence-corrected chi connectivity index (χ2v) is 10.8. The number of nitrogens with one attached hydrogen (secondary N) is 1. The molecule has 0 saturated carbocycles. The normalized spacial score (nSPS) is 20.9. The predicted octanol–water partition coefficient (Wildman–Crippen LogP) is 6.88. The molecular formula is C29H53NO5. The van der Waals surface area contributed by atoms with Crippen molar-refractivity contribution in [2.24, 2.45) is 11.8 Å². The van der Waals surface area contributed by atoms with Gasteiger partial charge in [-0.15, -0.1) is 0 Å². The van der Waals surface area contributed by atoms with Gasteiger partial charge in [-0.2, -0.15) is 0 Å². The van der Waals surface area contributed by atoms with Crippen LogP contribution in [0.4, 0.5) is 0 Å². The van der Waals surface area contributed by atoms with E-state index < -0.39 is 24.0 Å². The van der Waals surface area contributed by atoms with Gasteiger partial charge in [0.1, 0.15) is 18.2 Å². The summed E-state index contributed by atoms with van der Waals surface area (Å²) in [7, 11) is 0. The third-order valence-electron chi connectivity index (χ3n) is 7.06. The van der Waals surface area contributed by atoms with Crippen LogP contribution in [0.25, 0.3) is 0 Å². The Hall–Kier alpha value is -1.59. The lowest BCUT2D eigenvalue weighted by Crippen LogP contribution is -2.47. The van der Waals surface area contributed by atoms with Crippen LogP contribution in [0.3, 0.4) is 0 Å². The highest BCUT2D eigenvalue weighted by Crippen LogP contribution is 2.31. The van der Waals surface area contributed by atoms with Gasteiger partial charge in [0, 0.05) is 6.42 Å². The van der Waals surface area contributed by atoms with E-state index in [1.54, 1.807) is 0 Å². The highest BCUT2D eigenvalue weighted by Gasteiger charge is 2.41. The molecular weight excluding hydrogens is 442 g/mol. The van der Waals surface area contributed by atoms with Crippen molar-refractivity contribution < 1.29 is 23.9 Å². The smallest absolute Gasteiger partial charge is 0.328 e. The van der Waals surface area contributed by atoms with Gasteiger partial charge in [0.25, 0.3) is 0 Å². The molecule has 204 valence electrons. The average molecular weight is 496 g/mol. The number of hydrogen-bond donors (Lipinski definition) is 1. The second-order valence-electron chi connectivity index (χ2n) is 10.8. The summed E-state index contributed by atoms with van der Waals surface area (Å²) in [6.45, 7) is 8.40. The van der Waals surface area contributed by atoms with Gasteiger partial charge in [-0.1, -0.05) is 105 Å². The molecule has 0 radical (unpaired) electrons. The number of unbranched alkanes of at least 4 members (excludes halogenated alkanes) is 11. The quantitative estimate of drug-likeness (QED) is 0.107. The highest BCUT2D eigenvalue weighted by molar-refractivity contribution is 5.79. The third-order valence-corrected chi connectivity index (χ3v) is 7.06. The molecule has 1 aliphatic heterocycles. The maximum absolute atomic E-state index is 12.9. The van der Waals surface area contributed by atoms with Crippen LogP contribution in [0.5, 0.6) is 0 Å². The number of carbonyl (C=O) groups is 3. The molecule has 0 aliphatic carbocycles.